The van der Waals surface area contributed by atoms with Crippen LogP contribution in [0.15, 0.2) is 24.3 Å². The fourth-order valence-electron chi connectivity index (χ4n) is 2.36. The van der Waals surface area contributed by atoms with Crippen LogP contribution in [0.4, 0.5) is 4.39 Å². The van der Waals surface area contributed by atoms with Gasteiger partial charge in [0.05, 0.1) is 0 Å². The predicted octanol–water partition coefficient (Wildman–Crippen LogP) is 1.82. The summed E-state index contributed by atoms with van der Waals surface area (Å²) >= 11 is 0. The molecule has 1 unspecified atom stereocenters. The van der Waals surface area contributed by atoms with Crippen molar-refractivity contribution in [3.63, 3.8) is 0 Å². The molecule has 1 atom stereocenters. The van der Waals surface area contributed by atoms with Gasteiger partial charge < -0.3 is 14.7 Å². The first-order valence-electron chi connectivity index (χ1n) is 6.92. The molecule has 2 rings (SSSR count). The number of piperidine rings is 1. The molecular formula is C15H20FNO3. The lowest BCUT2D eigenvalue weighted by Gasteiger charge is -2.32. The van der Waals surface area contributed by atoms with E-state index in [0.717, 1.165) is 12.8 Å². The van der Waals surface area contributed by atoms with Gasteiger partial charge in [-0.15, -0.1) is 0 Å². The first-order chi connectivity index (χ1) is 9.60. The topological polar surface area (TPSA) is 49.8 Å². The Hall–Kier alpha value is -1.62. The molecule has 0 bridgehead atoms. The summed E-state index contributed by atoms with van der Waals surface area (Å²) in [6.07, 6.45) is 1.06. The number of halogens is 1. The molecule has 1 fully saturated rings. The monoisotopic (exact) mass is 281 g/mol. The summed E-state index contributed by atoms with van der Waals surface area (Å²) in [5.41, 5.74) is 0. The van der Waals surface area contributed by atoms with E-state index in [-0.39, 0.29) is 18.3 Å². The average Bonchev–Trinajstić information content (AvgIpc) is 2.49. The zero-order valence-electron chi connectivity index (χ0n) is 11.6. The highest BCUT2D eigenvalue weighted by molar-refractivity contribution is 5.81. The van der Waals surface area contributed by atoms with E-state index in [1.165, 1.54) is 24.3 Å². The number of aliphatic hydroxyl groups excluding tert-OH is 1. The number of carbonyl (C=O) groups is 1. The number of hydrogen-bond donors (Lipinski definition) is 1. The number of amides is 1. The number of carbonyl (C=O) groups excluding carboxylic acids is 1. The summed E-state index contributed by atoms with van der Waals surface area (Å²) in [4.78, 5) is 14.0. The maximum Gasteiger partial charge on any atom is 0.263 e. The number of ether oxygens (including phenoxy) is 1. The summed E-state index contributed by atoms with van der Waals surface area (Å²) in [6.45, 7) is 3.19. The molecule has 1 heterocycles. The molecule has 20 heavy (non-hydrogen) atoms. The van der Waals surface area contributed by atoms with Gasteiger partial charge in [0.15, 0.2) is 6.10 Å². The van der Waals surface area contributed by atoms with Crippen LogP contribution in [0.1, 0.15) is 19.8 Å². The molecule has 0 saturated carbocycles. The lowest BCUT2D eigenvalue weighted by Crippen LogP contribution is -2.45. The molecule has 1 N–H and O–H groups in total. The number of nitrogens with zero attached hydrogens (tertiary/aromatic N) is 1. The second-order valence-electron chi connectivity index (χ2n) is 5.17. The number of likely N-dealkylation sites (tertiary alicyclic amines) is 1. The molecule has 5 heteroatoms. The Balaban J connectivity index is 1.87. The zero-order chi connectivity index (χ0) is 14.5. The third-order valence-electron chi connectivity index (χ3n) is 3.66. The average molecular weight is 281 g/mol. The summed E-state index contributed by atoms with van der Waals surface area (Å²) < 4.78 is 18.3. The van der Waals surface area contributed by atoms with E-state index in [1.807, 2.05) is 0 Å². The second-order valence-corrected chi connectivity index (χ2v) is 5.17. The van der Waals surface area contributed by atoms with Gasteiger partial charge in [0.25, 0.3) is 5.91 Å². The fourth-order valence-corrected chi connectivity index (χ4v) is 2.36. The predicted molar refractivity (Wildman–Crippen MR) is 72.9 cm³/mol. The van der Waals surface area contributed by atoms with Crippen molar-refractivity contribution in [1.29, 1.82) is 0 Å². The van der Waals surface area contributed by atoms with Crippen molar-refractivity contribution < 1.29 is 19.0 Å². The smallest absolute Gasteiger partial charge is 0.263 e. The normalized spacial score (nSPS) is 17.9. The van der Waals surface area contributed by atoms with Crippen LogP contribution in [0.3, 0.4) is 0 Å². The van der Waals surface area contributed by atoms with Gasteiger partial charge in [-0.2, -0.15) is 0 Å². The molecule has 1 aromatic rings. The summed E-state index contributed by atoms with van der Waals surface area (Å²) in [7, 11) is 0. The van der Waals surface area contributed by atoms with Crippen molar-refractivity contribution in [3.05, 3.63) is 30.1 Å². The third kappa shape index (κ3) is 3.70. The molecule has 1 aliphatic heterocycles. The molecule has 1 aromatic carbocycles. The highest BCUT2D eigenvalue weighted by atomic mass is 19.1. The number of hydrogen-bond acceptors (Lipinski definition) is 3. The molecule has 1 saturated heterocycles. The van der Waals surface area contributed by atoms with E-state index >= 15 is 0 Å². The van der Waals surface area contributed by atoms with E-state index in [1.54, 1.807) is 11.8 Å². The van der Waals surface area contributed by atoms with Crippen molar-refractivity contribution in [2.75, 3.05) is 19.7 Å². The minimum atomic E-state index is -0.592. The van der Waals surface area contributed by atoms with E-state index in [4.69, 9.17) is 9.84 Å². The number of aliphatic hydroxyl groups is 1. The quantitative estimate of drug-likeness (QED) is 0.916. The van der Waals surface area contributed by atoms with Crippen molar-refractivity contribution in [2.24, 2.45) is 5.92 Å². The molecule has 0 aliphatic carbocycles. The molecule has 110 valence electrons. The maximum absolute atomic E-state index is 12.8. The van der Waals surface area contributed by atoms with E-state index in [2.05, 4.69) is 0 Å². The number of benzene rings is 1. The molecule has 1 amide bonds. The van der Waals surface area contributed by atoms with Gasteiger partial charge in [0.1, 0.15) is 11.6 Å². The Labute approximate surface area is 118 Å². The fraction of sp³-hybridized carbons (Fsp3) is 0.533. The van der Waals surface area contributed by atoms with Crippen LogP contribution in [0.2, 0.25) is 0 Å². The second kappa shape index (κ2) is 6.70. The van der Waals surface area contributed by atoms with Crippen LogP contribution in [-0.2, 0) is 4.79 Å². The van der Waals surface area contributed by atoms with Gasteiger partial charge in [0.2, 0.25) is 0 Å². The van der Waals surface area contributed by atoms with Gasteiger partial charge in [0, 0.05) is 19.7 Å². The van der Waals surface area contributed by atoms with Crippen molar-refractivity contribution in [1.82, 2.24) is 4.90 Å². The zero-order valence-corrected chi connectivity index (χ0v) is 11.6. The van der Waals surface area contributed by atoms with Gasteiger partial charge in [-0.25, -0.2) is 4.39 Å². The summed E-state index contributed by atoms with van der Waals surface area (Å²) in [5.74, 6) is 0.387. The van der Waals surface area contributed by atoms with Gasteiger partial charge in [-0.1, -0.05) is 0 Å². The van der Waals surface area contributed by atoms with Crippen molar-refractivity contribution in [2.45, 2.75) is 25.9 Å². The molecular weight excluding hydrogens is 261 g/mol. The van der Waals surface area contributed by atoms with Crippen LogP contribution in [0.5, 0.6) is 5.75 Å². The number of rotatable bonds is 4. The lowest BCUT2D eigenvalue weighted by atomic mass is 9.97. The van der Waals surface area contributed by atoms with E-state index in [9.17, 15) is 9.18 Å². The first kappa shape index (κ1) is 14.8. The van der Waals surface area contributed by atoms with Crippen LogP contribution < -0.4 is 4.74 Å². The van der Waals surface area contributed by atoms with Crippen LogP contribution in [-0.4, -0.2) is 41.7 Å². The lowest BCUT2D eigenvalue weighted by molar-refractivity contribution is -0.139. The minimum Gasteiger partial charge on any atom is -0.481 e. The van der Waals surface area contributed by atoms with Crippen LogP contribution in [0.25, 0.3) is 0 Å². The SMILES string of the molecule is CC(Oc1ccc(F)cc1)C(=O)N1CCC(CO)CC1. The van der Waals surface area contributed by atoms with E-state index in [0.29, 0.717) is 24.8 Å². The summed E-state index contributed by atoms with van der Waals surface area (Å²) in [5, 5.41) is 9.08. The third-order valence-corrected chi connectivity index (χ3v) is 3.66. The first-order valence-corrected chi connectivity index (χ1v) is 6.92. The Kier molecular flexibility index (Phi) is 4.95. The minimum absolute atomic E-state index is 0.0642. The van der Waals surface area contributed by atoms with E-state index < -0.39 is 6.10 Å². The van der Waals surface area contributed by atoms with Crippen LogP contribution >= 0.6 is 0 Å². The van der Waals surface area contributed by atoms with Gasteiger partial charge in [-0.05, 0) is 49.9 Å². The van der Waals surface area contributed by atoms with Gasteiger partial charge >= 0.3 is 0 Å². The largest absolute Gasteiger partial charge is 0.481 e. The maximum atomic E-state index is 12.8. The Morgan fingerprint density at radius 3 is 2.55 bits per heavy atom. The Morgan fingerprint density at radius 2 is 2.00 bits per heavy atom. The van der Waals surface area contributed by atoms with Crippen molar-refractivity contribution >= 4 is 5.91 Å². The van der Waals surface area contributed by atoms with Gasteiger partial charge in [-0.3, -0.25) is 4.79 Å². The molecule has 0 radical (unpaired) electrons. The van der Waals surface area contributed by atoms with Crippen LogP contribution in [0, 0.1) is 11.7 Å². The Bertz CT molecular complexity index is 441. The highest BCUT2D eigenvalue weighted by Crippen LogP contribution is 2.19. The van der Waals surface area contributed by atoms with Crippen molar-refractivity contribution in [3.8, 4) is 5.75 Å². The standard InChI is InChI=1S/C15H20FNO3/c1-11(20-14-4-2-13(16)3-5-14)15(19)17-8-6-12(10-18)7-9-17/h2-5,11-12,18H,6-10H2,1H3. The molecule has 1 aliphatic rings. The Morgan fingerprint density at radius 1 is 1.40 bits per heavy atom. The summed E-state index contributed by atoms with van der Waals surface area (Å²) in [6, 6.07) is 5.63. The molecule has 0 spiro atoms. The highest BCUT2D eigenvalue weighted by Gasteiger charge is 2.26. The molecule has 4 nitrogen and oxygen atoms in total. The molecule has 0 aromatic heterocycles.